The van der Waals surface area contributed by atoms with E-state index in [1.54, 1.807) is 23.6 Å². The Hall–Kier alpha value is -3.54. The van der Waals surface area contributed by atoms with Crippen LogP contribution < -0.4 is 5.32 Å². The minimum absolute atomic E-state index is 0.0942. The van der Waals surface area contributed by atoms with Crippen LogP contribution in [0.15, 0.2) is 41.3 Å². The van der Waals surface area contributed by atoms with Crippen LogP contribution in [0.2, 0.25) is 0 Å². The molecular formula is C28H29F3N2O5S. The van der Waals surface area contributed by atoms with E-state index in [1.165, 1.54) is 14.0 Å². The van der Waals surface area contributed by atoms with Crippen molar-refractivity contribution in [3.8, 4) is 11.3 Å². The van der Waals surface area contributed by atoms with Gasteiger partial charge in [-0.3, -0.25) is 10.1 Å². The molecule has 1 unspecified atom stereocenters. The number of aliphatic carboxylic acids is 1. The number of carbonyl (C=O) groups is 2. The molecule has 3 aromatic rings. The number of nitrogens with one attached hydrogen (secondary N) is 1. The monoisotopic (exact) mass is 562 g/mol. The minimum atomic E-state index is -1.33. The lowest BCUT2D eigenvalue weighted by molar-refractivity contribution is -0.132. The number of methoxy groups -OCH3 is 1. The van der Waals surface area contributed by atoms with Gasteiger partial charge in [-0.1, -0.05) is 26.0 Å². The van der Waals surface area contributed by atoms with Gasteiger partial charge in [0.15, 0.2) is 5.13 Å². The minimum Gasteiger partial charge on any atom is -0.478 e. The highest BCUT2D eigenvalue weighted by molar-refractivity contribution is 7.14. The number of carbonyl (C=O) groups excluding carboxylic acids is 1. The maximum atomic E-state index is 15.5. The maximum absolute atomic E-state index is 15.5. The Morgan fingerprint density at radius 2 is 1.87 bits per heavy atom. The average molecular weight is 563 g/mol. The fraction of sp³-hybridized carbons (Fsp3) is 0.321. The van der Waals surface area contributed by atoms with E-state index in [0.29, 0.717) is 31.1 Å². The molecule has 0 aliphatic carbocycles. The fourth-order valence-corrected chi connectivity index (χ4v) is 4.37. The first-order chi connectivity index (χ1) is 18.5. The molecule has 0 saturated heterocycles. The van der Waals surface area contributed by atoms with Crippen molar-refractivity contribution in [2.45, 2.75) is 33.3 Å². The van der Waals surface area contributed by atoms with Crippen molar-refractivity contribution in [2.24, 2.45) is 5.92 Å². The van der Waals surface area contributed by atoms with Crippen LogP contribution in [0, 0.1) is 23.4 Å². The molecule has 1 amide bonds. The number of benzene rings is 2. The number of aromatic nitrogens is 1. The molecule has 0 saturated carbocycles. The molecule has 2 N–H and O–H groups in total. The van der Waals surface area contributed by atoms with Gasteiger partial charge in [-0.15, -0.1) is 11.3 Å². The van der Waals surface area contributed by atoms with E-state index in [0.717, 1.165) is 29.5 Å². The summed E-state index contributed by atoms with van der Waals surface area (Å²) in [5.74, 6) is -4.49. The van der Waals surface area contributed by atoms with Crippen molar-refractivity contribution in [1.29, 1.82) is 0 Å². The average Bonchev–Trinajstić information content (AvgIpc) is 3.34. The van der Waals surface area contributed by atoms with Crippen molar-refractivity contribution < 1.29 is 37.3 Å². The number of hydrogen-bond donors (Lipinski definition) is 2. The van der Waals surface area contributed by atoms with Crippen molar-refractivity contribution in [1.82, 2.24) is 4.98 Å². The predicted octanol–water partition coefficient (Wildman–Crippen LogP) is 6.72. The van der Waals surface area contributed by atoms with E-state index in [4.69, 9.17) is 14.6 Å². The lowest BCUT2D eigenvalue weighted by Crippen LogP contribution is -2.13. The SMILES string of the molecule is COC(CCOCC(C)C)c1cccc(-c2csc(NC(=O)c3cc(F)c(C=C(C)C(=O)O)c(F)c3)n2)c1F. The number of thiazole rings is 1. The smallest absolute Gasteiger partial charge is 0.331 e. The molecule has 1 heterocycles. The first kappa shape index (κ1) is 30.0. The Kier molecular flexibility index (Phi) is 10.4. The summed E-state index contributed by atoms with van der Waals surface area (Å²) in [6, 6.07) is 6.46. The molecule has 0 spiro atoms. The Balaban J connectivity index is 1.76. The second kappa shape index (κ2) is 13.5. The van der Waals surface area contributed by atoms with Crippen LogP contribution in [0.3, 0.4) is 0 Å². The predicted molar refractivity (Wildman–Crippen MR) is 143 cm³/mol. The molecular weight excluding hydrogens is 533 g/mol. The van der Waals surface area contributed by atoms with Crippen LogP contribution in [-0.4, -0.2) is 42.3 Å². The molecule has 208 valence electrons. The van der Waals surface area contributed by atoms with Crippen molar-refractivity contribution in [3.63, 3.8) is 0 Å². The largest absolute Gasteiger partial charge is 0.478 e. The summed E-state index contributed by atoms with van der Waals surface area (Å²) in [6.07, 6.45) is 0.772. The highest BCUT2D eigenvalue weighted by atomic mass is 32.1. The first-order valence-electron chi connectivity index (χ1n) is 12.1. The summed E-state index contributed by atoms with van der Waals surface area (Å²) in [5, 5.41) is 13.0. The Morgan fingerprint density at radius 1 is 1.18 bits per heavy atom. The van der Waals surface area contributed by atoms with Gasteiger partial charge in [-0.2, -0.15) is 0 Å². The molecule has 39 heavy (non-hydrogen) atoms. The van der Waals surface area contributed by atoms with Crippen LogP contribution in [0.1, 0.15) is 54.8 Å². The van der Waals surface area contributed by atoms with Gasteiger partial charge < -0.3 is 14.6 Å². The van der Waals surface area contributed by atoms with Gasteiger partial charge in [0.2, 0.25) is 0 Å². The van der Waals surface area contributed by atoms with Gasteiger partial charge in [0, 0.05) is 60.0 Å². The van der Waals surface area contributed by atoms with Crippen molar-refractivity contribution >= 4 is 34.4 Å². The molecule has 1 atom stereocenters. The summed E-state index contributed by atoms with van der Waals surface area (Å²) in [6.45, 7) is 6.27. The van der Waals surface area contributed by atoms with Crippen molar-refractivity contribution in [3.05, 3.63) is 75.4 Å². The van der Waals surface area contributed by atoms with E-state index in [9.17, 15) is 18.4 Å². The second-order valence-corrected chi connectivity index (χ2v) is 10.0. The van der Waals surface area contributed by atoms with E-state index >= 15 is 4.39 Å². The lowest BCUT2D eigenvalue weighted by Gasteiger charge is -2.18. The van der Waals surface area contributed by atoms with Gasteiger partial charge in [0.1, 0.15) is 17.5 Å². The van der Waals surface area contributed by atoms with Crippen LogP contribution in [0.25, 0.3) is 17.3 Å². The van der Waals surface area contributed by atoms with E-state index < -0.39 is 41.0 Å². The molecule has 1 aromatic heterocycles. The third kappa shape index (κ3) is 7.75. The quantitative estimate of drug-likeness (QED) is 0.188. The standard InChI is InChI=1S/C28H29F3N2O5S/c1-15(2)13-38-9-8-24(37-4)19-7-5-6-18(25(19)31)23-14-39-28(32-23)33-26(34)17-11-21(29)20(22(30)12-17)10-16(3)27(35)36/h5-7,10-12,14-15,24H,8-9,13H2,1-4H3,(H,35,36)(H,32,33,34). The summed E-state index contributed by atoms with van der Waals surface area (Å²) in [7, 11) is 1.50. The summed E-state index contributed by atoms with van der Waals surface area (Å²) >= 11 is 1.02. The fourth-order valence-electron chi connectivity index (χ4n) is 3.66. The topological polar surface area (TPSA) is 97.8 Å². The molecule has 0 aliphatic heterocycles. The van der Waals surface area contributed by atoms with E-state index in [2.05, 4.69) is 10.3 Å². The molecule has 11 heteroatoms. The van der Waals surface area contributed by atoms with Gasteiger partial charge in [-0.25, -0.2) is 22.9 Å². The number of carboxylic acids is 1. The van der Waals surface area contributed by atoms with Gasteiger partial charge in [0.25, 0.3) is 5.91 Å². The number of rotatable bonds is 12. The van der Waals surface area contributed by atoms with E-state index in [1.807, 2.05) is 13.8 Å². The number of halogens is 3. The second-order valence-electron chi connectivity index (χ2n) is 9.17. The Bertz CT molecular complexity index is 1350. The highest BCUT2D eigenvalue weighted by Gasteiger charge is 2.21. The number of hydrogen-bond acceptors (Lipinski definition) is 6. The van der Waals surface area contributed by atoms with Crippen LogP contribution >= 0.6 is 11.3 Å². The zero-order valence-corrected chi connectivity index (χ0v) is 22.7. The number of anilines is 1. The summed E-state index contributed by atoms with van der Waals surface area (Å²) in [5.41, 5.74) is -0.353. The number of carboxylic acid groups (broad SMARTS) is 1. The van der Waals surface area contributed by atoms with Crippen molar-refractivity contribution in [2.75, 3.05) is 25.6 Å². The lowest BCUT2D eigenvalue weighted by atomic mass is 10.0. The number of ether oxygens (including phenoxy) is 2. The molecule has 0 aliphatic rings. The van der Waals surface area contributed by atoms with Gasteiger partial charge >= 0.3 is 5.97 Å². The normalized spacial score (nSPS) is 12.6. The van der Waals surface area contributed by atoms with Gasteiger partial charge in [-0.05, 0) is 37.1 Å². The zero-order valence-electron chi connectivity index (χ0n) is 21.9. The zero-order chi connectivity index (χ0) is 28.7. The van der Waals surface area contributed by atoms with Crippen LogP contribution in [0.4, 0.5) is 18.3 Å². The molecule has 2 aromatic carbocycles. The molecule has 0 bridgehead atoms. The third-order valence-corrected chi connectivity index (χ3v) is 6.43. The van der Waals surface area contributed by atoms with E-state index in [-0.39, 0.29) is 27.5 Å². The summed E-state index contributed by atoms with van der Waals surface area (Å²) in [4.78, 5) is 27.9. The number of amides is 1. The van der Waals surface area contributed by atoms with Crippen LogP contribution in [0.5, 0.6) is 0 Å². The molecule has 3 rings (SSSR count). The van der Waals surface area contributed by atoms with Crippen LogP contribution in [-0.2, 0) is 14.3 Å². The highest BCUT2D eigenvalue weighted by Crippen LogP contribution is 2.33. The Morgan fingerprint density at radius 3 is 2.49 bits per heavy atom. The number of nitrogens with zero attached hydrogens (tertiary/aromatic N) is 1. The summed E-state index contributed by atoms with van der Waals surface area (Å²) < 4.78 is 55.4. The molecule has 7 nitrogen and oxygen atoms in total. The molecule has 0 radical (unpaired) electrons. The maximum Gasteiger partial charge on any atom is 0.331 e. The Labute approximate surface area is 228 Å². The first-order valence-corrected chi connectivity index (χ1v) is 13.0. The van der Waals surface area contributed by atoms with Gasteiger partial charge in [0.05, 0.1) is 11.8 Å². The third-order valence-electron chi connectivity index (χ3n) is 5.68. The molecule has 0 fully saturated rings.